The highest BCUT2D eigenvalue weighted by atomic mass is 19.1. The van der Waals surface area contributed by atoms with Gasteiger partial charge >= 0.3 is 0 Å². The van der Waals surface area contributed by atoms with Crippen molar-refractivity contribution in [2.45, 2.75) is 13.3 Å². The third-order valence-electron chi connectivity index (χ3n) is 5.12. The van der Waals surface area contributed by atoms with Gasteiger partial charge in [-0.15, -0.1) is 0 Å². The Hall–Kier alpha value is -2.47. The number of aromatic nitrogens is 2. The number of pyridine rings is 1. The average molecular weight is 357 g/mol. The van der Waals surface area contributed by atoms with E-state index in [0.29, 0.717) is 41.0 Å². The van der Waals surface area contributed by atoms with Gasteiger partial charge in [0.05, 0.1) is 12.0 Å². The molecule has 2 unspecified atom stereocenters. The molecular formula is C20H21F2N3O. The molecule has 1 aromatic carbocycles. The summed E-state index contributed by atoms with van der Waals surface area (Å²) in [6.07, 6.45) is 4.46. The minimum atomic E-state index is -0.607. The second-order valence-electron chi connectivity index (χ2n) is 6.93. The molecule has 0 bridgehead atoms. The second-order valence-corrected chi connectivity index (χ2v) is 6.93. The fraction of sp³-hybridized carbons (Fsp3) is 0.350. The molecule has 3 aromatic rings. The van der Waals surface area contributed by atoms with Gasteiger partial charge in [-0.1, -0.05) is 6.92 Å². The number of fused-ring (bicyclic) bond motifs is 1. The SMILES string of the molecule is CC1CNCCC1COc1ccnc2[nH]cc(-c3cc(F)cc(F)c3)c12. The lowest BCUT2D eigenvalue weighted by molar-refractivity contribution is 0.170. The van der Waals surface area contributed by atoms with E-state index in [-0.39, 0.29) is 0 Å². The first-order valence-electron chi connectivity index (χ1n) is 8.88. The Balaban J connectivity index is 1.68. The number of hydrogen-bond acceptors (Lipinski definition) is 3. The molecule has 136 valence electrons. The van der Waals surface area contributed by atoms with Gasteiger partial charge < -0.3 is 15.0 Å². The van der Waals surface area contributed by atoms with E-state index < -0.39 is 11.6 Å². The van der Waals surface area contributed by atoms with E-state index in [2.05, 4.69) is 22.2 Å². The lowest BCUT2D eigenvalue weighted by atomic mass is 9.89. The van der Waals surface area contributed by atoms with Crippen molar-refractivity contribution >= 4 is 11.0 Å². The van der Waals surface area contributed by atoms with Crippen LogP contribution in [0.5, 0.6) is 5.75 Å². The summed E-state index contributed by atoms with van der Waals surface area (Å²) in [6.45, 7) is 4.84. The van der Waals surface area contributed by atoms with Gasteiger partial charge in [-0.25, -0.2) is 13.8 Å². The maximum atomic E-state index is 13.7. The van der Waals surface area contributed by atoms with Crippen LogP contribution in [0.4, 0.5) is 8.78 Å². The largest absolute Gasteiger partial charge is 0.492 e. The maximum Gasteiger partial charge on any atom is 0.141 e. The van der Waals surface area contributed by atoms with Gasteiger partial charge in [0.15, 0.2) is 0 Å². The first kappa shape index (κ1) is 17.0. The first-order chi connectivity index (χ1) is 12.6. The van der Waals surface area contributed by atoms with Crippen molar-refractivity contribution in [2.24, 2.45) is 11.8 Å². The molecule has 1 saturated heterocycles. The Kier molecular flexibility index (Phi) is 4.59. The number of hydrogen-bond donors (Lipinski definition) is 2. The van der Waals surface area contributed by atoms with Gasteiger partial charge in [-0.3, -0.25) is 0 Å². The zero-order chi connectivity index (χ0) is 18.1. The molecule has 0 aliphatic carbocycles. The summed E-state index contributed by atoms with van der Waals surface area (Å²) >= 11 is 0. The Labute approximate surface area is 150 Å². The van der Waals surface area contributed by atoms with Gasteiger partial charge in [0.25, 0.3) is 0 Å². The van der Waals surface area contributed by atoms with Crippen LogP contribution >= 0.6 is 0 Å². The molecule has 6 heteroatoms. The topological polar surface area (TPSA) is 49.9 Å². The molecule has 0 amide bonds. The number of benzene rings is 1. The van der Waals surface area contributed by atoms with E-state index >= 15 is 0 Å². The zero-order valence-corrected chi connectivity index (χ0v) is 14.6. The number of piperidine rings is 1. The highest BCUT2D eigenvalue weighted by molar-refractivity contribution is 5.98. The molecular weight excluding hydrogens is 336 g/mol. The Morgan fingerprint density at radius 1 is 1.23 bits per heavy atom. The molecule has 4 rings (SSSR count). The van der Waals surface area contributed by atoms with Crippen LogP contribution < -0.4 is 10.1 Å². The number of ether oxygens (including phenoxy) is 1. The normalized spacial score (nSPS) is 20.4. The molecule has 0 radical (unpaired) electrons. The van der Waals surface area contributed by atoms with E-state index in [1.807, 2.05) is 0 Å². The molecule has 1 aliphatic rings. The second kappa shape index (κ2) is 7.03. The van der Waals surface area contributed by atoms with Crippen LogP contribution in [-0.2, 0) is 0 Å². The minimum Gasteiger partial charge on any atom is -0.492 e. The molecule has 0 spiro atoms. The number of H-pyrrole nitrogens is 1. The fourth-order valence-electron chi connectivity index (χ4n) is 3.60. The smallest absolute Gasteiger partial charge is 0.141 e. The maximum absolute atomic E-state index is 13.7. The van der Waals surface area contributed by atoms with E-state index in [4.69, 9.17) is 4.74 Å². The van der Waals surface area contributed by atoms with Crippen LogP contribution in [0.2, 0.25) is 0 Å². The van der Waals surface area contributed by atoms with E-state index in [1.165, 1.54) is 12.1 Å². The standard InChI is InChI=1S/C20H21F2N3O/c1-12-9-23-4-2-13(12)11-26-18-3-5-24-20-19(18)17(10-25-20)14-6-15(21)8-16(22)7-14/h3,5-8,10,12-13,23H,2,4,9,11H2,1H3,(H,24,25). The quantitative estimate of drug-likeness (QED) is 0.738. The predicted molar refractivity (Wildman–Crippen MR) is 97.1 cm³/mol. The van der Waals surface area contributed by atoms with Crippen molar-refractivity contribution in [1.29, 1.82) is 0 Å². The zero-order valence-electron chi connectivity index (χ0n) is 14.6. The molecule has 3 heterocycles. The molecule has 1 aliphatic heterocycles. The summed E-state index contributed by atoms with van der Waals surface area (Å²) in [6, 6.07) is 5.31. The average Bonchev–Trinajstić information content (AvgIpc) is 3.05. The van der Waals surface area contributed by atoms with Crippen molar-refractivity contribution in [3.63, 3.8) is 0 Å². The summed E-state index contributed by atoms with van der Waals surface area (Å²) in [5.74, 6) is 0.493. The van der Waals surface area contributed by atoms with Gasteiger partial charge in [-0.05, 0) is 55.1 Å². The van der Waals surface area contributed by atoms with Gasteiger partial charge in [0.2, 0.25) is 0 Å². The van der Waals surface area contributed by atoms with Crippen LogP contribution in [0.1, 0.15) is 13.3 Å². The summed E-state index contributed by atoms with van der Waals surface area (Å²) in [5, 5.41) is 4.14. The van der Waals surface area contributed by atoms with Crippen LogP contribution in [0.25, 0.3) is 22.2 Å². The van der Waals surface area contributed by atoms with Crippen LogP contribution in [0, 0.1) is 23.5 Å². The number of rotatable bonds is 4. The Morgan fingerprint density at radius 2 is 2.04 bits per heavy atom. The molecule has 4 nitrogen and oxygen atoms in total. The molecule has 2 atom stereocenters. The van der Waals surface area contributed by atoms with Crippen molar-refractivity contribution in [2.75, 3.05) is 19.7 Å². The summed E-state index contributed by atoms with van der Waals surface area (Å²) < 4.78 is 33.4. The van der Waals surface area contributed by atoms with Crippen molar-refractivity contribution in [3.05, 3.63) is 48.3 Å². The van der Waals surface area contributed by atoms with Gasteiger partial charge in [0, 0.05) is 24.0 Å². The fourth-order valence-corrected chi connectivity index (χ4v) is 3.60. The number of nitrogens with zero attached hydrogens (tertiary/aromatic N) is 1. The van der Waals surface area contributed by atoms with E-state index in [1.54, 1.807) is 18.5 Å². The lowest BCUT2D eigenvalue weighted by Gasteiger charge is -2.29. The summed E-state index contributed by atoms with van der Waals surface area (Å²) in [5.41, 5.74) is 1.78. The molecule has 26 heavy (non-hydrogen) atoms. The Bertz CT molecular complexity index is 904. The molecule has 2 aromatic heterocycles. The van der Waals surface area contributed by atoms with Crippen molar-refractivity contribution < 1.29 is 13.5 Å². The highest BCUT2D eigenvalue weighted by Gasteiger charge is 2.22. The lowest BCUT2D eigenvalue weighted by Crippen LogP contribution is -2.37. The first-order valence-corrected chi connectivity index (χ1v) is 8.88. The Morgan fingerprint density at radius 3 is 2.81 bits per heavy atom. The summed E-state index contributed by atoms with van der Waals surface area (Å²) in [7, 11) is 0. The molecule has 2 N–H and O–H groups in total. The van der Waals surface area contributed by atoms with Gasteiger partial charge in [0.1, 0.15) is 23.0 Å². The summed E-state index contributed by atoms with van der Waals surface area (Å²) in [4.78, 5) is 7.38. The number of nitrogens with one attached hydrogen (secondary N) is 2. The predicted octanol–water partition coefficient (Wildman–Crippen LogP) is 4.13. The minimum absolute atomic E-state index is 0.460. The van der Waals surface area contributed by atoms with E-state index in [9.17, 15) is 8.78 Å². The third kappa shape index (κ3) is 3.29. The monoisotopic (exact) mass is 357 g/mol. The van der Waals surface area contributed by atoms with Crippen molar-refractivity contribution in [1.82, 2.24) is 15.3 Å². The number of halogens is 2. The third-order valence-corrected chi connectivity index (χ3v) is 5.12. The van der Waals surface area contributed by atoms with Gasteiger partial charge in [-0.2, -0.15) is 0 Å². The highest BCUT2D eigenvalue weighted by Crippen LogP contribution is 2.35. The molecule has 0 saturated carbocycles. The number of aromatic amines is 1. The van der Waals surface area contributed by atoms with Crippen molar-refractivity contribution in [3.8, 4) is 16.9 Å². The van der Waals surface area contributed by atoms with E-state index in [0.717, 1.165) is 31.0 Å². The van der Waals surface area contributed by atoms with Crippen LogP contribution in [0.3, 0.4) is 0 Å². The van der Waals surface area contributed by atoms with Crippen LogP contribution in [0.15, 0.2) is 36.7 Å². The van der Waals surface area contributed by atoms with Crippen LogP contribution in [-0.4, -0.2) is 29.7 Å². The molecule has 1 fully saturated rings.